The van der Waals surface area contributed by atoms with Crippen LogP contribution in [0.15, 0.2) is 18.2 Å². The van der Waals surface area contributed by atoms with Crippen LogP contribution in [-0.4, -0.2) is 41.1 Å². The molecular formula is C17H15N3O4. The first kappa shape index (κ1) is 15.7. The van der Waals surface area contributed by atoms with E-state index in [-0.39, 0.29) is 24.0 Å². The van der Waals surface area contributed by atoms with Crippen molar-refractivity contribution in [2.24, 2.45) is 0 Å². The standard InChI is InChI=1S/C17H15N3O4/c1-2-3-8-18-10-4-5-11-12(9-10)17(24)20(16(11)23)13-6-7-14(21)19-15(13)22/h1,4-5,9,13,18H,3,6-8H2,(H,19,21,22). The van der Waals surface area contributed by atoms with Gasteiger partial charge in [-0.05, 0) is 24.6 Å². The molecule has 0 saturated carbocycles. The minimum Gasteiger partial charge on any atom is -0.384 e. The molecule has 7 heteroatoms. The van der Waals surface area contributed by atoms with Crippen LogP contribution < -0.4 is 10.6 Å². The third-order valence-electron chi connectivity index (χ3n) is 4.04. The highest BCUT2D eigenvalue weighted by atomic mass is 16.2. The van der Waals surface area contributed by atoms with Gasteiger partial charge in [-0.3, -0.25) is 29.4 Å². The van der Waals surface area contributed by atoms with Gasteiger partial charge in [0, 0.05) is 25.1 Å². The van der Waals surface area contributed by atoms with E-state index in [1.807, 2.05) is 0 Å². The fourth-order valence-corrected chi connectivity index (χ4v) is 2.86. The van der Waals surface area contributed by atoms with Crippen LogP contribution in [0.4, 0.5) is 5.69 Å². The molecule has 3 rings (SSSR count). The molecule has 4 amide bonds. The topological polar surface area (TPSA) is 95.6 Å². The van der Waals surface area contributed by atoms with Crippen molar-refractivity contribution in [2.75, 3.05) is 11.9 Å². The Morgan fingerprint density at radius 1 is 1.21 bits per heavy atom. The zero-order valence-corrected chi connectivity index (χ0v) is 12.8. The number of amides is 4. The fraction of sp³-hybridized carbons (Fsp3) is 0.294. The molecule has 1 aromatic carbocycles. The fourth-order valence-electron chi connectivity index (χ4n) is 2.86. The van der Waals surface area contributed by atoms with E-state index >= 15 is 0 Å². The summed E-state index contributed by atoms with van der Waals surface area (Å²) in [5.41, 5.74) is 1.18. The number of nitrogens with one attached hydrogen (secondary N) is 2. The van der Waals surface area contributed by atoms with Crippen molar-refractivity contribution in [1.82, 2.24) is 10.2 Å². The summed E-state index contributed by atoms with van der Waals surface area (Å²) in [4.78, 5) is 49.2. The van der Waals surface area contributed by atoms with Crippen LogP contribution in [0.5, 0.6) is 0 Å². The van der Waals surface area contributed by atoms with Gasteiger partial charge in [0.05, 0.1) is 11.1 Å². The van der Waals surface area contributed by atoms with Crippen molar-refractivity contribution in [3.8, 4) is 12.3 Å². The Bertz CT molecular complexity index is 794. The van der Waals surface area contributed by atoms with E-state index in [4.69, 9.17) is 6.42 Å². The van der Waals surface area contributed by atoms with Crippen molar-refractivity contribution in [1.29, 1.82) is 0 Å². The smallest absolute Gasteiger partial charge is 0.262 e. The second-order valence-electron chi connectivity index (χ2n) is 5.59. The van der Waals surface area contributed by atoms with E-state index in [2.05, 4.69) is 16.6 Å². The van der Waals surface area contributed by atoms with Crippen LogP contribution in [-0.2, 0) is 9.59 Å². The van der Waals surface area contributed by atoms with E-state index in [0.717, 1.165) is 4.90 Å². The van der Waals surface area contributed by atoms with Gasteiger partial charge in [-0.2, -0.15) is 0 Å². The molecule has 2 aliphatic rings. The number of rotatable bonds is 4. The maximum absolute atomic E-state index is 12.6. The van der Waals surface area contributed by atoms with Crippen molar-refractivity contribution in [2.45, 2.75) is 25.3 Å². The maximum atomic E-state index is 12.6. The van der Waals surface area contributed by atoms with Crippen LogP contribution in [0.25, 0.3) is 0 Å². The average Bonchev–Trinajstić information content (AvgIpc) is 2.80. The Balaban J connectivity index is 1.84. The molecule has 7 nitrogen and oxygen atoms in total. The highest BCUT2D eigenvalue weighted by Crippen LogP contribution is 2.29. The van der Waals surface area contributed by atoms with Crippen LogP contribution in [0, 0.1) is 12.3 Å². The van der Waals surface area contributed by atoms with Crippen molar-refractivity contribution < 1.29 is 19.2 Å². The number of imide groups is 2. The molecule has 1 atom stereocenters. The second-order valence-corrected chi connectivity index (χ2v) is 5.59. The number of carbonyl (C=O) groups excluding carboxylic acids is 4. The Hall–Kier alpha value is -3.14. The average molecular weight is 325 g/mol. The summed E-state index contributed by atoms with van der Waals surface area (Å²) in [6, 6.07) is 3.87. The van der Waals surface area contributed by atoms with Gasteiger partial charge in [-0.1, -0.05) is 0 Å². The summed E-state index contributed by atoms with van der Waals surface area (Å²) in [6.45, 7) is 0.550. The van der Waals surface area contributed by atoms with E-state index in [1.54, 1.807) is 18.2 Å². The number of carbonyl (C=O) groups is 4. The molecule has 0 bridgehead atoms. The Morgan fingerprint density at radius 3 is 2.67 bits per heavy atom. The zero-order valence-electron chi connectivity index (χ0n) is 12.8. The van der Waals surface area contributed by atoms with Crippen LogP contribution >= 0.6 is 0 Å². The number of anilines is 1. The number of nitrogens with zero attached hydrogens (tertiary/aromatic N) is 1. The maximum Gasteiger partial charge on any atom is 0.262 e. The van der Waals surface area contributed by atoms with E-state index in [1.165, 1.54) is 0 Å². The molecule has 0 aromatic heterocycles. The van der Waals surface area contributed by atoms with Gasteiger partial charge in [0.15, 0.2) is 0 Å². The third kappa shape index (κ3) is 2.63. The largest absolute Gasteiger partial charge is 0.384 e. The molecule has 24 heavy (non-hydrogen) atoms. The molecule has 1 aromatic rings. The lowest BCUT2D eigenvalue weighted by atomic mass is 10.0. The predicted octanol–water partition coefficient (Wildman–Crippen LogP) is 0.523. The molecule has 0 spiro atoms. The lowest BCUT2D eigenvalue weighted by Gasteiger charge is -2.27. The molecule has 0 aliphatic carbocycles. The number of hydrogen-bond donors (Lipinski definition) is 2. The van der Waals surface area contributed by atoms with Crippen molar-refractivity contribution >= 4 is 29.3 Å². The molecule has 122 valence electrons. The van der Waals surface area contributed by atoms with Crippen molar-refractivity contribution in [3.63, 3.8) is 0 Å². The Kier molecular flexibility index (Phi) is 4.04. The van der Waals surface area contributed by atoms with Crippen LogP contribution in [0.1, 0.15) is 40.0 Å². The lowest BCUT2D eigenvalue weighted by molar-refractivity contribution is -0.136. The van der Waals surface area contributed by atoms with Gasteiger partial charge in [-0.15, -0.1) is 12.3 Å². The minimum atomic E-state index is -0.951. The van der Waals surface area contributed by atoms with Crippen LogP contribution in [0.3, 0.4) is 0 Å². The first-order valence-electron chi connectivity index (χ1n) is 7.56. The van der Waals surface area contributed by atoms with E-state index in [9.17, 15) is 19.2 Å². The Labute approximate surface area is 138 Å². The highest BCUT2D eigenvalue weighted by molar-refractivity contribution is 6.23. The number of piperidine rings is 1. The second kappa shape index (κ2) is 6.16. The molecule has 0 radical (unpaired) electrons. The molecule has 2 heterocycles. The highest BCUT2D eigenvalue weighted by Gasteiger charge is 2.44. The van der Waals surface area contributed by atoms with Gasteiger partial charge in [0.2, 0.25) is 11.8 Å². The summed E-state index contributed by atoms with van der Waals surface area (Å²) >= 11 is 0. The van der Waals surface area contributed by atoms with Gasteiger partial charge < -0.3 is 5.32 Å². The zero-order chi connectivity index (χ0) is 17.3. The first-order chi connectivity index (χ1) is 11.5. The SMILES string of the molecule is C#CCCNc1ccc2c(c1)C(=O)N(C1CCC(=O)NC1=O)C2=O. The van der Waals surface area contributed by atoms with E-state index in [0.29, 0.717) is 18.7 Å². The summed E-state index contributed by atoms with van der Waals surface area (Å²) in [5, 5.41) is 5.24. The van der Waals surface area contributed by atoms with Gasteiger partial charge >= 0.3 is 0 Å². The monoisotopic (exact) mass is 325 g/mol. The Morgan fingerprint density at radius 2 is 1.96 bits per heavy atom. The predicted molar refractivity (Wildman–Crippen MR) is 85.1 cm³/mol. The molecule has 2 N–H and O–H groups in total. The summed E-state index contributed by atoms with van der Waals surface area (Å²) in [7, 11) is 0. The molecule has 2 aliphatic heterocycles. The first-order valence-corrected chi connectivity index (χ1v) is 7.56. The van der Waals surface area contributed by atoms with Gasteiger partial charge in [-0.25, -0.2) is 0 Å². The lowest BCUT2D eigenvalue weighted by Crippen LogP contribution is -2.54. The minimum absolute atomic E-state index is 0.0999. The van der Waals surface area contributed by atoms with Gasteiger partial charge in [0.1, 0.15) is 6.04 Å². The summed E-state index contributed by atoms with van der Waals surface area (Å²) < 4.78 is 0. The van der Waals surface area contributed by atoms with Crippen molar-refractivity contribution in [3.05, 3.63) is 29.3 Å². The van der Waals surface area contributed by atoms with Crippen LogP contribution in [0.2, 0.25) is 0 Å². The number of benzene rings is 1. The molecular weight excluding hydrogens is 310 g/mol. The summed E-state index contributed by atoms with van der Waals surface area (Å²) in [5.74, 6) is 0.451. The van der Waals surface area contributed by atoms with Gasteiger partial charge in [0.25, 0.3) is 11.8 Å². The number of terminal acetylenes is 1. The third-order valence-corrected chi connectivity index (χ3v) is 4.04. The normalized spacial score (nSPS) is 19.8. The summed E-state index contributed by atoms with van der Waals surface area (Å²) in [6.07, 6.45) is 5.97. The molecule has 1 fully saturated rings. The van der Waals surface area contributed by atoms with E-state index < -0.39 is 29.7 Å². The number of fused-ring (bicyclic) bond motifs is 1. The molecule has 1 saturated heterocycles. The number of hydrogen-bond acceptors (Lipinski definition) is 5. The quantitative estimate of drug-likeness (QED) is 0.478. The molecule has 1 unspecified atom stereocenters.